The quantitative estimate of drug-likeness (QED) is 0.593. The van der Waals surface area contributed by atoms with Gasteiger partial charge in [0.2, 0.25) is 0 Å². The highest BCUT2D eigenvalue weighted by Crippen LogP contribution is 2.24. The molecule has 27 heavy (non-hydrogen) atoms. The number of amides is 1. The molecule has 0 aliphatic carbocycles. The van der Waals surface area contributed by atoms with Crippen LogP contribution in [0.25, 0.3) is 0 Å². The monoisotopic (exact) mass is 387 g/mol. The SMILES string of the molecule is CC1=CN(S(=O)(=O)c2ccc([N+](=O)[O-])cc2)CCN1C(=O)c1ccccc1. The fourth-order valence-electron chi connectivity index (χ4n) is 2.78. The van der Waals surface area contributed by atoms with Crippen LogP contribution in [0.4, 0.5) is 5.69 Å². The smallest absolute Gasteiger partial charge is 0.269 e. The van der Waals surface area contributed by atoms with Crippen molar-refractivity contribution in [3.8, 4) is 0 Å². The maximum absolute atomic E-state index is 12.8. The van der Waals surface area contributed by atoms with Crippen LogP contribution in [-0.4, -0.2) is 41.5 Å². The van der Waals surface area contributed by atoms with Crippen molar-refractivity contribution in [2.24, 2.45) is 0 Å². The van der Waals surface area contributed by atoms with Crippen LogP contribution >= 0.6 is 0 Å². The molecule has 140 valence electrons. The highest BCUT2D eigenvalue weighted by atomic mass is 32.2. The van der Waals surface area contributed by atoms with Gasteiger partial charge in [-0.3, -0.25) is 19.2 Å². The van der Waals surface area contributed by atoms with Gasteiger partial charge in [-0.1, -0.05) is 18.2 Å². The molecule has 0 radical (unpaired) electrons. The van der Waals surface area contributed by atoms with Crippen LogP contribution < -0.4 is 0 Å². The Labute approximate surface area is 156 Å². The molecule has 0 unspecified atom stereocenters. The van der Waals surface area contributed by atoms with Gasteiger partial charge in [0.1, 0.15) is 0 Å². The lowest BCUT2D eigenvalue weighted by atomic mass is 10.2. The van der Waals surface area contributed by atoms with E-state index in [1.807, 2.05) is 6.07 Å². The van der Waals surface area contributed by atoms with Gasteiger partial charge in [-0.25, -0.2) is 8.42 Å². The van der Waals surface area contributed by atoms with E-state index in [-0.39, 0.29) is 29.6 Å². The first kappa shape index (κ1) is 18.6. The largest absolute Gasteiger partial charge is 0.309 e. The Morgan fingerprint density at radius 3 is 2.22 bits per heavy atom. The van der Waals surface area contributed by atoms with E-state index >= 15 is 0 Å². The van der Waals surface area contributed by atoms with E-state index in [1.165, 1.54) is 23.2 Å². The summed E-state index contributed by atoms with van der Waals surface area (Å²) in [5.74, 6) is -0.197. The molecule has 3 rings (SSSR count). The summed E-state index contributed by atoms with van der Waals surface area (Å²) < 4.78 is 26.7. The summed E-state index contributed by atoms with van der Waals surface area (Å²) in [6, 6.07) is 13.5. The van der Waals surface area contributed by atoms with Crippen molar-refractivity contribution in [1.82, 2.24) is 9.21 Å². The van der Waals surface area contributed by atoms with Crippen molar-refractivity contribution < 1.29 is 18.1 Å². The van der Waals surface area contributed by atoms with Gasteiger partial charge in [-0.2, -0.15) is 0 Å². The fraction of sp³-hybridized carbons (Fsp3) is 0.167. The van der Waals surface area contributed by atoms with E-state index in [1.54, 1.807) is 31.2 Å². The third-order valence-electron chi connectivity index (χ3n) is 4.22. The summed E-state index contributed by atoms with van der Waals surface area (Å²) >= 11 is 0. The molecule has 0 atom stereocenters. The second-order valence-corrected chi connectivity index (χ2v) is 7.85. The molecule has 0 aromatic heterocycles. The van der Waals surface area contributed by atoms with Crippen LogP contribution in [0.1, 0.15) is 17.3 Å². The third-order valence-corrected chi connectivity index (χ3v) is 5.99. The molecule has 1 aliphatic rings. The Morgan fingerprint density at radius 2 is 1.67 bits per heavy atom. The highest BCUT2D eigenvalue weighted by molar-refractivity contribution is 7.89. The lowest BCUT2D eigenvalue weighted by molar-refractivity contribution is -0.384. The molecule has 0 bridgehead atoms. The minimum absolute atomic E-state index is 0.0417. The number of benzene rings is 2. The number of hydrogen-bond donors (Lipinski definition) is 0. The zero-order valence-electron chi connectivity index (χ0n) is 14.5. The first-order chi connectivity index (χ1) is 12.8. The summed E-state index contributed by atoms with van der Waals surface area (Å²) in [5.41, 5.74) is 0.844. The van der Waals surface area contributed by atoms with Gasteiger partial charge in [0, 0.05) is 36.1 Å². The van der Waals surface area contributed by atoms with Crippen molar-refractivity contribution in [1.29, 1.82) is 0 Å². The minimum atomic E-state index is -3.85. The molecular weight excluding hydrogens is 370 g/mol. The second kappa shape index (κ2) is 7.20. The average Bonchev–Trinajstić information content (AvgIpc) is 2.68. The number of nitro groups is 1. The van der Waals surface area contributed by atoms with Gasteiger partial charge < -0.3 is 4.90 Å². The van der Waals surface area contributed by atoms with Gasteiger partial charge in [0.25, 0.3) is 21.6 Å². The Hall–Kier alpha value is -3.20. The van der Waals surface area contributed by atoms with Crippen molar-refractivity contribution >= 4 is 21.6 Å². The lowest BCUT2D eigenvalue weighted by Gasteiger charge is -2.33. The first-order valence-electron chi connectivity index (χ1n) is 8.12. The Kier molecular flexibility index (Phi) is 4.95. The molecule has 2 aromatic carbocycles. The van der Waals surface area contributed by atoms with Crippen molar-refractivity contribution in [2.75, 3.05) is 13.1 Å². The van der Waals surface area contributed by atoms with Crippen molar-refractivity contribution in [3.05, 3.63) is 82.2 Å². The number of allylic oxidation sites excluding steroid dienone is 1. The number of carbonyl (C=O) groups excluding carboxylic acids is 1. The van der Waals surface area contributed by atoms with Crippen LogP contribution in [-0.2, 0) is 10.0 Å². The van der Waals surface area contributed by atoms with E-state index < -0.39 is 14.9 Å². The van der Waals surface area contributed by atoms with E-state index in [9.17, 15) is 23.3 Å². The molecule has 1 aliphatic heterocycles. The Bertz CT molecular complexity index is 1000. The lowest BCUT2D eigenvalue weighted by Crippen LogP contribution is -2.43. The Morgan fingerprint density at radius 1 is 1.04 bits per heavy atom. The average molecular weight is 387 g/mol. The molecule has 8 nitrogen and oxygen atoms in total. The summed E-state index contributed by atoms with van der Waals surface area (Å²) in [6.45, 7) is 1.97. The highest BCUT2D eigenvalue weighted by Gasteiger charge is 2.29. The van der Waals surface area contributed by atoms with E-state index in [0.717, 1.165) is 16.4 Å². The normalized spacial score (nSPS) is 14.6. The number of nitro benzene ring substituents is 1. The van der Waals surface area contributed by atoms with Crippen LogP contribution in [0.3, 0.4) is 0 Å². The third kappa shape index (κ3) is 3.68. The van der Waals surface area contributed by atoms with Gasteiger partial charge >= 0.3 is 0 Å². The first-order valence-corrected chi connectivity index (χ1v) is 9.56. The van der Waals surface area contributed by atoms with Crippen LogP contribution in [0.5, 0.6) is 0 Å². The molecule has 0 N–H and O–H groups in total. The molecule has 9 heteroatoms. The summed E-state index contributed by atoms with van der Waals surface area (Å²) in [6.07, 6.45) is 1.40. The van der Waals surface area contributed by atoms with Crippen molar-refractivity contribution in [3.63, 3.8) is 0 Å². The molecule has 2 aromatic rings. The summed E-state index contributed by atoms with van der Waals surface area (Å²) in [7, 11) is -3.85. The Balaban J connectivity index is 1.84. The minimum Gasteiger partial charge on any atom is -0.309 e. The van der Waals surface area contributed by atoms with Crippen LogP contribution in [0.15, 0.2) is 71.4 Å². The maximum Gasteiger partial charge on any atom is 0.269 e. The topological polar surface area (TPSA) is 101 Å². The molecule has 0 saturated heterocycles. The molecule has 1 heterocycles. The zero-order valence-corrected chi connectivity index (χ0v) is 15.3. The molecule has 0 saturated carbocycles. The summed E-state index contributed by atoms with van der Waals surface area (Å²) in [4.78, 5) is 24.2. The van der Waals surface area contributed by atoms with Gasteiger partial charge in [0.15, 0.2) is 0 Å². The molecule has 0 spiro atoms. The number of rotatable bonds is 4. The zero-order chi connectivity index (χ0) is 19.6. The molecular formula is C18H17N3O5S. The fourth-order valence-corrected chi connectivity index (χ4v) is 4.14. The molecule has 0 fully saturated rings. The predicted octanol–water partition coefficient (Wildman–Crippen LogP) is 2.60. The van der Waals surface area contributed by atoms with Gasteiger partial charge in [-0.15, -0.1) is 0 Å². The number of carbonyl (C=O) groups is 1. The number of hydrogen-bond acceptors (Lipinski definition) is 5. The maximum atomic E-state index is 12.8. The van der Waals surface area contributed by atoms with Crippen molar-refractivity contribution in [2.45, 2.75) is 11.8 Å². The van der Waals surface area contributed by atoms with Crippen LogP contribution in [0.2, 0.25) is 0 Å². The molecule has 1 amide bonds. The number of non-ortho nitro benzene ring substituents is 1. The van der Waals surface area contributed by atoms with Gasteiger partial charge in [-0.05, 0) is 31.2 Å². The van der Waals surface area contributed by atoms with E-state index in [2.05, 4.69) is 0 Å². The predicted molar refractivity (Wildman–Crippen MR) is 98.2 cm³/mol. The van der Waals surface area contributed by atoms with E-state index in [0.29, 0.717) is 11.3 Å². The number of nitrogens with zero attached hydrogens (tertiary/aromatic N) is 3. The summed E-state index contributed by atoms with van der Waals surface area (Å²) in [5, 5.41) is 10.7. The van der Waals surface area contributed by atoms with Crippen LogP contribution in [0, 0.1) is 10.1 Å². The van der Waals surface area contributed by atoms with E-state index in [4.69, 9.17) is 0 Å². The second-order valence-electron chi connectivity index (χ2n) is 5.96. The standard InChI is InChI=1S/C18H17N3O5S/c1-14-13-19(11-12-20(14)18(22)15-5-3-2-4-6-15)27(25,26)17-9-7-16(8-10-17)21(23)24/h2-10,13H,11-12H2,1H3. The van der Waals surface area contributed by atoms with Gasteiger partial charge in [0.05, 0.1) is 16.4 Å². The number of sulfonamides is 1.